The standard InChI is InChI=1S/C10H13N3O2/c1-12-7-11-5-9(12)10(15)13-4-2-3-8(14)6-13/h5,7H,2-4,6H2,1H3. The first-order valence-corrected chi connectivity index (χ1v) is 4.96. The van der Waals surface area contributed by atoms with Crippen LogP contribution in [0.25, 0.3) is 0 Å². The van der Waals surface area contributed by atoms with E-state index in [4.69, 9.17) is 0 Å². The molecule has 2 heterocycles. The monoisotopic (exact) mass is 207 g/mol. The predicted octanol–water partition coefficient (Wildman–Crippen LogP) is 0.225. The SMILES string of the molecule is Cn1cncc1C(=O)N1CCCC(=O)C1. The number of carbonyl (C=O) groups is 2. The molecule has 5 nitrogen and oxygen atoms in total. The van der Waals surface area contributed by atoms with Gasteiger partial charge in [0.2, 0.25) is 0 Å². The van der Waals surface area contributed by atoms with E-state index in [0.717, 1.165) is 6.42 Å². The molecule has 2 rings (SSSR count). The summed E-state index contributed by atoms with van der Waals surface area (Å²) in [6, 6.07) is 0. The summed E-state index contributed by atoms with van der Waals surface area (Å²) in [5.41, 5.74) is 0.532. The largest absolute Gasteiger partial charge is 0.330 e. The van der Waals surface area contributed by atoms with Crippen molar-refractivity contribution in [1.82, 2.24) is 14.5 Å². The first-order valence-electron chi connectivity index (χ1n) is 4.96. The van der Waals surface area contributed by atoms with Gasteiger partial charge in [-0.05, 0) is 6.42 Å². The highest BCUT2D eigenvalue weighted by Gasteiger charge is 2.23. The summed E-state index contributed by atoms with van der Waals surface area (Å²) in [6.07, 6.45) is 4.47. The first-order chi connectivity index (χ1) is 7.18. The number of nitrogens with zero attached hydrogens (tertiary/aromatic N) is 3. The summed E-state index contributed by atoms with van der Waals surface area (Å²) in [5, 5.41) is 0. The second-order valence-corrected chi connectivity index (χ2v) is 3.76. The molecule has 1 fully saturated rings. The Morgan fingerprint density at radius 3 is 2.93 bits per heavy atom. The Balaban J connectivity index is 2.14. The number of rotatable bonds is 1. The molecule has 0 radical (unpaired) electrons. The summed E-state index contributed by atoms with van der Waals surface area (Å²) < 4.78 is 1.67. The van der Waals surface area contributed by atoms with Crippen LogP contribution in [0.5, 0.6) is 0 Å². The van der Waals surface area contributed by atoms with E-state index in [1.165, 1.54) is 6.20 Å². The van der Waals surface area contributed by atoms with Gasteiger partial charge in [-0.15, -0.1) is 0 Å². The van der Waals surface area contributed by atoms with E-state index in [-0.39, 0.29) is 18.2 Å². The summed E-state index contributed by atoms with van der Waals surface area (Å²) in [5.74, 6) is 0.0276. The molecule has 0 aromatic carbocycles. The third-order valence-electron chi connectivity index (χ3n) is 2.57. The highest BCUT2D eigenvalue weighted by molar-refractivity contribution is 5.95. The van der Waals surface area contributed by atoms with Crippen LogP contribution in [0.15, 0.2) is 12.5 Å². The van der Waals surface area contributed by atoms with Crippen molar-refractivity contribution in [1.29, 1.82) is 0 Å². The summed E-state index contributed by atoms with van der Waals surface area (Å²) in [6.45, 7) is 0.903. The number of carbonyl (C=O) groups excluding carboxylic acids is 2. The zero-order valence-electron chi connectivity index (χ0n) is 8.64. The predicted molar refractivity (Wildman–Crippen MR) is 53.4 cm³/mol. The molecule has 0 saturated carbocycles. The van der Waals surface area contributed by atoms with E-state index in [1.54, 1.807) is 22.8 Å². The van der Waals surface area contributed by atoms with E-state index in [9.17, 15) is 9.59 Å². The van der Waals surface area contributed by atoms with Gasteiger partial charge in [-0.1, -0.05) is 0 Å². The maximum Gasteiger partial charge on any atom is 0.272 e. The average molecular weight is 207 g/mol. The average Bonchev–Trinajstić information content (AvgIpc) is 2.63. The number of Topliss-reactive ketones (excluding diaryl/α,β-unsaturated/α-hetero) is 1. The van der Waals surface area contributed by atoms with Gasteiger partial charge < -0.3 is 9.47 Å². The summed E-state index contributed by atoms with van der Waals surface area (Å²) in [4.78, 5) is 28.6. The van der Waals surface area contributed by atoms with Gasteiger partial charge in [-0.3, -0.25) is 9.59 Å². The molecule has 1 saturated heterocycles. The number of piperidine rings is 1. The van der Waals surface area contributed by atoms with Crippen LogP contribution in [-0.4, -0.2) is 39.2 Å². The molecular formula is C10H13N3O2. The van der Waals surface area contributed by atoms with Gasteiger partial charge in [-0.25, -0.2) is 4.98 Å². The third-order valence-corrected chi connectivity index (χ3v) is 2.57. The van der Waals surface area contributed by atoms with Crippen LogP contribution in [0.1, 0.15) is 23.3 Å². The lowest BCUT2D eigenvalue weighted by molar-refractivity contribution is -0.121. The number of aryl methyl sites for hydroxylation is 1. The van der Waals surface area contributed by atoms with Crippen LogP contribution in [0.2, 0.25) is 0 Å². The molecular weight excluding hydrogens is 194 g/mol. The Morgan fingerprint density at radius 1 is 1.53 bits per heavy atom. The molecule has 15 heavy (non-hydrogen) atoms. The number of imidazole rings is 1. The molecule has 0 aliphatic carbocycles. The number of likely N-dealkylation sites (tertiary alicyclic amines) is 1. The Kier molecular flexibility index (Phi) is 2.53. The fraction of sp³-hybridized carbons (Fsp3) is 0.500. The highest BCUT2D eigenvalue weighted by atomic mass is 16.2. The van der Waals surface area contributed by atoms with E-state index in [2.05, 4.69) is 4.98 Å². The van der Waals surface area contributed by atoms with Crippen molar-refractivity contribution in [2.45, 2.75) is 12.8 Å². The van der Waals surface area contributed by atoms with Gasteiger partial charge in [0.25, 0.3) is 5.91 Å². The second kappa shape index (κ2) is 3.84. The van der Waals surface area contributed by atoms with Crippen LogP contribution in [0.3, 0.4) is 0 Å². The molecule has 0 N–H and O–H groups in total. The minimum atomic E-state index is -0.108. The topological polar surface area (TPSA) is 55.2 Å². The van der Waals surface area contributed by atoms with E-state index in [1.807, 2.05) is 0 Å². The van der Waals surface area contributed by atoms with Crippen LogP contribution in [-0.2, 0) is 11.8 Å². The Bertz CT molecular complexity index is 397. The molecule has 0 spiro atoms. The van der Waals surface area contributed by atoms with Gasteiger partial charge in [0, 0.05) is 20.0 Å². The molecule has 1 aromatic rings. The van der Waals surface area contributed by atoms with Crippen molar-refractivity contribution < 1.29 is 9.59 Å². The highest BCUT2D eigenvalue weighted by Crippen LogP contribution is 2.10. The van der Waals surface area contributed by atoms with Gasteiger partial charge in [0.1, 0.15) is 5.69 Å². The number of aromatic nitrogens is 2. The van der Waals surface area contributed by atoms with E-state index in [0.29, 0.717) is 18.7 Å². The molecule has 0 bridgehead atoms. The third kappa shape index (κ3) is 1.91. The number of amides is 1. The quantitative estimate of drug-likeness (QED) is 0.662. The van der Waals surface area contributed by atoms with Gasteiger partial charge >= 0.3 is 0 Å². The fourth-order valence-electron chi connectivity index (χ4n) is 1.74. The molecule has 1 aliphatic heterocycles. The lowest BCUT2D eigenvalue weighted by Crippen LogP contribution is -2.40. The van der Waals surface area contributed by atoms with Crippen molar-refractivity contribution in [2.75, 3.05) is 13.1 Å². The van der Waals surface area contributed by atoms with Crippen molar-refractivity contribution in [3.63, 3.8) is 0 Å². The Labute approximate surface area is 87.7 Å². The zero-order valence-corrected chi connectivity index (χ0v) is 8.64. The van der Waals surface area contributed by atoms with Crippen LogP contribution in [0, 0.1) is 0 Å². The summed E-state index contributed by atoms with van der Waals surface area (Å²) in [7, 11) is 1.77. The molecule has 0 unspecified atom stereocenters. The van der Waals surface area contributed by atoms with Gasteiger partial charge in [0.15, 0.2) is 5.78 Å². The van der Waals surface area contributed by atoms with E-state index >= 15 is 0 Å². The van der Waals surface area contributed by atoms with Crippen LogP contribution in [0.4, 0.5) is 0 Å². The Hall–Kier alpha value is -1.65. The first kappa shape index (κ1) is 9.89. The minimum absolute atomic E-state index is 0.108. The van der Waals surface area contributed by atoms with Gasteiger partial charge in [-0.2, -0.15) is 0 Å². The van der Waals surface area contributed by atoms with Crippen molar-refractivity contribution in [3.8, 4) is 0 Å². The number of hydrogen-bond acceptors (Lipinski definition) is 3. The molecule has 80 valence electrons. The lowest BCUT2D eigenvalue weighted by Gasteiger charge is -2.25. The van der Waals surface area contributed by atoms with Crippen LogP contribution >= 0.6 is 0 Å². The smallest absolute Gasteiger partial charge is 0.272 e. The molecule has 5 heteroatoms. The van der Waals surface area contributed by atoms with Crippen molar-refractivity contribution in [2.24, 2.45) is 7.05 Å². The number of ketones is 1. The van der Waals surface area contributed by atoms with Gasteiger partial charge in [0.05, 0.1) is 19.1 Å². The molecule has 1 aromatic heterocycles. The van der Waals surface area contributed by atoms with E-state index < -0.39 is 0 Å². The normalized spacial score (nSPS) is 16.9. The molecule has 1 amide bonds. The fourth-order valence-corrected chi connectivity index (χ4v) is 1.74. The van der Waals surface area contributed by atoms with Crippen LogP contribution < -0.4 is 0 Å². The molecule has 0 atom stereocenters. The second-order valence-electron chi connectivity index (χ2n) is 3.76. The Morgan fingerprint density at radius 2 is 2.33 bits per heavy atom. The van der Waals surface area contributed by atoms with Crippen molar-refractivity contribution >= 4 is 11.7 Å². The summed E-state index contributed by atoms with van der Waals surface area (Å²) >= 11 is 0. The minimum Gasteiger partial charge on any atom is -0.330 e. The van der Waals surface area contributed by atoms with Crippen molar-refractivity contribution in [3.05, 3.63) is 18.2 Å². The molecule has 1 aliphatic rings. The number of hydrogen-bond donors (Lipinski definition) is 0. The maximum absolute atomic E-state index is 11.9. The maximum atomic E-state index is 11.9. The lowest BCUT2D eigenvalue weighted by atomic mass is 10.1. The zero-order chi connectivity index (χ0) is 10.8.